The molecule has 1 atom stereocenters. The monoisotopic (exact) mass is 333 g/mol. The molecule has 2 N–H and O–H groups in total. The lowest BCUT2D eigenvalue weighted by molar-refractivity contribution is 0.276. The van der Waals surface area contributed by atoms with Crippen molar-refractivity contribution in [3.05, 3.63) is 52.1 Å². The molecule has 0 radical (unpaired) electrons. The number of aromatic nitrogens is 2. The highest BCUT2D eigenvalue weighted by Gasteiger charge is 2.14. The van der Waals surface area contributed by atoms with Gasteiger partial charge in [-0.2, -0.15) is 0 Å². The van der Waals surface area contributed by atoms with Crippen LogP contribution in [0.5, 0.6) is 0 Å². The van der Waals surface area contributed by atoms with Crippen molar-refractivity contribution in [1.82, 2.24) is 9.97 Å². The third kappa shape index (κ3) is 3.06. The van der Waals surface area contributed by atoms with Gasteiger partial charge in [0.25, 0.3) is 0 Å². The Bertz CT molecular complexity index is 773. The number of anilines is 1. The average Bonchev–Trinajstić information content (AvgIpc) is 3.01. The zero-order chi connectivity index (χ0) is 15.5. The number of aliphatic hydroxyl groups is 1. The van der Waals surface area contributed by atoms with Gasteiger partial charge in [0.2, 0.25) is 0 Å². The third-order valence-corrected chi connectivity index (χ3v) is 4.51. The minimum absolute atomic E-state index is 0.0290. The van der Waals surface area contributed by atoms with Crippen LogP contribution in [0.1, 0.15) is 24.4 Å². The molecule has 2 heterocycles. The summed E-state index contributed by atoms with van der Waals surface area (Å²) in [7, 11) is 0. The Hall–Kier alpha value is -1.69. The fourth-order valence-electron chi connectivity index (χ4n) is 2.26. The normalized spacial score (nSPS) is 12.5. The van der Waals surface area contributed by atoms with E-state index in [1.54, 1.807) is 11.3 Å². The molecule has 3 rings (SSSR count). The second kappa shape index (κ2) is 6.60. The number of hydrogen-bond acceptors (Lipinski definition) is 5. The molecule has 114 valence electrons. The van der Waals surface area contributed by atoms with Gasteiger partial charge < -0.3 is 10.4 Å². The Morgan fingerprint density at radius 2 is 2.00 bits per heavy atom. The minimum Gasteiger partial charge on any atom is -0.394 e. The lowest BCUT2D eigenvalue weighted by Gasteiger charge is -2.18. The maximum absolute atomic E-state index is 9.72. The average molecular weight is 334 g/mol. The highest BCUT2D eigenvalue weighted by molar-refractivity contribution is 7.16. The van der Waals surface area contributed by atoms with Crippen LogP contribution in [-0.2, 0) is 6.42 Å². The van der Waals surface area contributed by atoms with Crippen LogP contribution in [0.2, 0.25) is 5.02 Å². The SMILES string of the molecule is CCc1nc(NC(CO)c2ccc(Cl)cc2)c2ccsc2n1. The first-order valence-electron chi connectivity index (χ1n) is 7.08. The van der Waals surface area contributed by atoms with Crippen LogP contribution >= 0.6 is 22.9 Å². The van der Waals surface area contributed by atoms with Gasteiger partial charge in [-0.1, -0.05) is 30.7 Å². The number of thiophene rings is 1. The predicted octanol–water partition coefficient (Wildman–Crippen LogP) is 4.05. The molecule has 22 heavy (non-hydrogen) atoms. The van der Waals surface area contributed by atoms with Crippen LogP contribution in [0.25, 0.3) is 10.2 Å². The Morgan fingerprint density at radius 3 is 2.68 bits per heavy atom. The van der Waals surface area contributed by atoms with Crippen molar-refractivity contribution in [2.75, 3.05) is 11.9 Å². The summed E-state index contributed by atoms with van der Waals surface area (Å²) in [5.41, 5.74) is 0.965. The molecule has 0 amide bonds. The van der Waals surface area contributed by atoms with Crippen LogP contribution in [-0.4, -0.2) is 21.7 Å². The highest BCUT2D eigenvalue weighted by atomic mass is 35.5. The number of aryl methyl sites for hydroxylation is 1. The lowest BCUT2D eigenvalue weighted by Crippen LogP contribution is -2.16. The Kier molecular flexibility index (Phi) is 4.57. The maximum Gasteiger partial charge on any atom is 0.139 e. The molecule has 1 unspecified atom stereocenters. The fraction of sp³-hybridized carbons (Fsp3) is 0.250. The molecule has 0 aliphatic heterocycles. The summed E-state index contributed by atoms with van der Waals surface area (Å²) >= 11 is 7.51. The van der Waals surface area contributed by atoms with Crippen molar-refractivity contribution < 1.29 is 5.11 Å². The fourth-order valence-corrected chi connectivity index (χ4v) is 3.17. The van der Waals surface area contributed by atoms with Gasteiger partial charge in [-0.25, -0.2) is 9.97 Å². The van der Waals surface area contributed by atoms with Gasteiger partial charge in [-0.05, 0) is 29.1 Å². The van der Waals surface area contributed by atoms with E-state index in [0.717, 1.165) is 33.8 Å². The molecule has 4 nitrogen and oxygen atoms in total. The summed E-state index contributed by atoms with van der Waals surface area (Å²) < 4.78 is 0. The number of halogens is 1. The van der Waals surface area contributed by atoms with Crippen molar-refractivity contribution in [2.45, 2.75) is 19.4 Å². The Labute approximate surface area is 137 Å². The number of nitrogens with one attached hydrogen (secondary N) is 1. The zero-order valence-corrected chi connectivity index (χ0v) is 13.7. The zero-order valence-electron chi connectivity index (χ0n) is 12.1. The summed E-state index contributed by atoms with van der Waals surface area (Å²) in [4.78, 5) is 10.0. The molecule has 0 saturated carbocycles. The molecule has 0 aliphatic rings. The molecule has 2 aromatic heterocycles. The predicted molar refractivity (Wildman–Crippen MR) is 91.7 cm³/mol. The van der Waals surface area contributed by atoms with E-state index < -0.39 is 0 Å². The number of benzene rings is 1. The summed E-state index contributed by atoms with van der Waals surface area (Å²) in [6.07, 6.45) is 0.771. The standard InChI is InChI=1S/C16H16ClN3OS/c1-2-14-19-15(12-7-8-22-16(12)20-14)18-13(9-21)10-3-5-11(17)6-4-10/h3-8,13,21H,2,9H2,1H3,(H,18,19,20). The molecule has 3 aromatic rings. The molecule has 0 saturated heterocycles. The molecule has 0 fully saturated rings. The lowest BCUT2D eigenvalue weighted by atomic mass is 10.1. The highest BCUT2D eigenvalue weighted by Crippen LogP contribution is 2.28. The van der Waals surface area contributed by atoms with Crippen molar-refractivity contribution in [1.29, 1.82) is 0 Å². The van der Waals surface area contributed by atoms with Gasteiger partial charge in [-0.15, -0.1) is 11.3 Å². The first-order valence-corrected chi connectivity index (χ1v) is 8.34. The summed E-state index contributed by atoms with van der Waals surface area (Å²) in [5, 5.41) is 16.7. The minimum atomic E-state index is -0.236. The summed E-state index contributed by atoms with van der Waals surface area (Å²) in [6, 6.07) is 9.21. The van der Waals surface area contributed by atoms with Crippen molar-refractivity contribution in [2.24, 2.45) is 0 Å². The number of rotatable bonds is 5. The van der Waals surface area contributed by atoms with E-state index in [2.05, 4.69) is 15.3 Å². The van der Waals surface area contributed by atoms with Gasteiger partial charge in [-0.3, -0.25) is 0 Å². The number of fused-ring (bicyclic) bond motifs is 1. The maximum atomic E-state index is 9.72. The van der Waals surface area contributed by atoms with Crippen LogP contribution in [0.4, 0.5) is 5.82 Å². The van der Waals surface area contributed by atoms with E-state index in [0.29, 0.717) is 5.02 Å². The second-order valence-electron chi connectivity index (χ2n) is 4.91. The first-order chi connectivity index (χ1) is 10.7. The Balaban J connectivity index is 1.96. The van der Waals surface area contributed by atoms with E-state index in [1.807, 2.05) is 42.6 Å². The van der Waals surface area contributed by atoms with Crippen LogP contribution in [0.15, 0.2) is 35.7 Å². The van der Waals surface area contributed by atoms with Gasteiger partial charge in [0.15, 0.2) is 0 Å². The Morgan fingerprint density at radius 1 is 1.23 bits per heavy atom. The second-order valence-corrected chi connectivity index (χ2v) is 6.24. The van der Waals surface area contributed by atoms with E-state index in [9.17, 15) is 5.11 Å². The molecule has 0 spiro atoms. The quantitative estimate of drug-likeness (QED) is 0.739. The van der Waals surface area contributed by atoms with Gasteiger partial charge >= 0.3 is 0 Å². The summed E-state index contributed by atoms with van der Waals surface area (Å²) in [5.74, 6) is 1.56. The molecule has 1 aromatic carbocycles. The smallest absolute Gasteiger partial charge is 0.139 e. The van der Waals surface area contributed by atoms with Crippen LogP contribution < -0.4 is 5.32 Å². The number of aliphatic hydroxyl groups excluding tert-OH is 1. The largest absolute Gasteiger partial charge is 0.394 e. The number of nitrogens with zero attached hydrogens (tertiary/aromatic N) is 2. The first kappa shape index (κ1) is 15.2. The van der Waals surface area contributed by atoms with Crippen molar-refractivity contribution in [3.63, 3.8) is 0 Å². The van der Waals surface area contributed by atoms with Gasteiger partial charge in [0.05, 0.1) is 18.0 Å². The summed E-state index contributed by atoms with van der Waals surface area (Å²) in [6.45, 7) is 2.00. The number of hydrogen-bond donors (Lipinski definition) is 2. The van der Waals surface area contributed by atoms with E-state index >= 15 is 0 Å². The molecular weight excluding hydrogens is 318 g/mol. The van der Waals surface area contributed by atoms with E-state index in [-0.39, 0.29) is 12.6 Å². The molecular formula is C16H16ClN3OS. The van der Waals surface area contributed by atoms with Crippen molar-refractivity contribution >= 4 is 39.0 Å². The van der Waals surface area contributed by atoms with Crippen molar-refractivity contribution in [3.8, 4) is 0 Å². The molecule has 0 bridgehead atoms. The van der Waals surface area contributed by atoms with Crippen LogP contribution in [0.3, 0.4) is 0 Å². The van der Waals surface area contributed by atoms with E-state index in [4.69, 9.17) is 11.6 Å². The van der Waals surface area contributed by atoms with Gasteiger partial charge in [0, 0.05) is 11.4 Å². The third-order valence-electron chi connectivity index (χ3n) is 3.45. The van der Waals surface area contributed by atoms with Crippen LogP contribution in [0, 0.1) is 0 Å². The van der Waals surface area contributed by atoms with E-state index in [1.165, 1.54) is 0 Å². The molecule has 0 aliphatic carbocycles. The van der Waals surface area contributed by atoms with Gasteiger partial charge in [0.1, 0.15) is 16.5 Å². The topological polar surface area (TPSA) is 58.0 Å². The molecule has 6 heteroatoms.